The topological polar surface area (TPSA) is 21.4 Å². The Balaban J connectivity index is 2.27. The normalized spacial score (nSPS) is 11.1. The molecule has 0 aliphatic carbocycles. The number of halogens is 1. The van der Waals surface area contributed by atoms with Crippen LogP contribution < -0.4 is 4.57 Å². The number of nitrogens with zero attached hydrogens (tertiary/aromatic N) is 2. The van der Waals surface area contributed by atoms with Crippen LogP contribution in [0, 0.1) is 19.3 Å². The number of aryl methyl sites for hydroxylation is 1. The van der Waals surface area contributed by atoms with Gasteiger partial charge < -0.3 is 4.42 Å². The van der Waals surface area contributed by atoms with Gasteiger partial charge in [-0.3, -0.25) is 0 Å². The van der Waals surface area contributed by atoms with Crippen molar-refractivity contribution < 1.29 is 13.4 Å². The summed E-state index contributed by atoms with van der Waals surface area (Å²) in [6.45, 7) is 9.41. The van der Waals surface area contributed by atoms with Gasteiger partial charge in [-0.1, -0.05) is 18.2 Å². The molecule has 0 radical (unpaired) electrons. The highest BCUT2D eigenvalue weighted by Crippen LogP contribution is 2.44. The van der Waals surface area contributed by atoms with Crippen LogP contribution in [0.4, 0.5) is 10.1 Å². The lowest BCUT2D eigenvalue weighted by molar-refractivity contribution is -0.660. The van der Waals surface area contributed by atoms with E-state index in [1.165, 1.54) is 0 Å². The van der Waals surface area contributed by atoms with E-state index in [-0.39, 0.29) is 5.58 Å². The Morgan fingerprint density at radius 3 is 2.62 bits per heavy atom. The first kappa shape index (κ1) is 14.4. The number of hydrogen-bond donors (Lipinski definition) is 0. The van der Waals surface area contributed by atoms with Crippen molar-refractivity contribution in [2.24, 2.45) is 7.05 Å². The van der Waals surface area contributed by atoms with Crippen molar-refractivity contribution in [3.05, 3.63) is 71.5 Å². The summed E-state index contributed by atoms with van der Waals surface area (Å²) in [7, 11) is 1.89. The molecule has 2 aromatic heterocycles. The largest absolute Gasteiger partial charge is 0.454 e. The van der Waals surface area contributed by atoms with Crippen molar-refractivity contribution in [3.63, 3.8) is 0 Å². The van der Waals surface area contributed by atoms with E-state index >= 15 is 4.39 Å². The fourth-order valence-electron chi connectivity index (χ4n) is 3.23. The Bertz CT molecular complexity index is 1150. The average Bonchev–Trinajstić information content (AvgIpc) is 2.98. The van der Waals surface area contributed by atoms with Crippen LogP contribution in [0.15, 0.2) is 53.1 Å². The molecule has 4 aromatic rings. The molecule has 0 spiro atoms. The lowest BCUT2D eigenvalue weighted by atomic mass is 9.97. The van der Waals surface area contributed by atoms with Crippen LogP contribution in [0.1, 0.15) is 5.56 Å². The number of fused-ring (bicyclic) bond motifs is 3. The maximum atomic E-state index is 15.0. The maximum Gasteiger partial charge on any atom is 0.212 e. The van der Waals surface area contributed by atoms with Crippen LogP contribution >= 0.6 is 0 Å². The highest BCUT2D eigenvalue weighted by atomic mass is 19.1. The van der Waals surface area contributed by atoms with E-state index < -0.39 is 5.82 Å². The molecular formula is C20H14FN2O+. The first-order valence-electron chi connectivity index (χ1n) is 7.59. The maximum absolute atomic E-state index is 15.0. The molecule has 0 unspecified atom stereocenters. The van der Waals surface area contributed by atoms with E-state index in [0.717, 1.165) is 11.1 Å². The SMILES string of the molecule is [C-]#[N+]c1c(-c2cccc[n+]2C)c(C)c(F)c2oc3ccccc3c12. The molecule has 0 saturated heterocycles. The van der Waals surface area contributed by atoms with Crippen molar-refractivity contribution >= 4 is 27.6 Å². The second-order valence-electron chi connectivity index (χ2n) is 5.77. The summed E-state index contributed by atoms with van der Waals surface area (Å²) in [4.78, 5) is 3.75. The molecule has 24 heavy (non-hydrogen) atoms. The number of benzene rings is 2. The fourth-order valence-corrected chi connectivity index (χ4v) is 3.23. The molecule has 4 rings (SSSR count). The van der Waals surface area contributed by atoms with E-state index in [4.69, 9.17) is 11.0 Å². The van der Waals surface area contributed by atoms with Gasteiger partial charge >= 0.3 is 0 Å². The Morgan fingerprint density at radius 2 is 1.88 bits per heavy atom. The highest BCUT2D eigenvalue weighted by molar-refractivity contribution is 6.15. The summed E-state index contributed by atoms with van der Waals surface area (Å²) in [6, 6.07) is 13.0. The van der Waals surface area contributed by atoms with Crippen molar-refractivity contribution in [2.45, 2.75) is 6.92 Å². The molecule has 2 heterocycles. The Morgan fingerprint density at radius 1 is 1.12 bits per heavy atom. The summed E-state index contributed by atoms with van der Waals surface area (Å²) < 4.78 is 22.6. The molecule has 0 saturated carbocycles. The van der Waals surface area contributed by atoms with Gasteiger partial charge in [0.1, 0.15) is 12.6 Å². The first-order chi connectivity index (χ1) is 11.6. The van der Waals surface area contributed by atoms with Crippen LogP contribution in [-0.2, 0) is 7.05 Å². The summed E-state index contributed by atoms with van der Waals surface area (Å²) in [5.74, 6) is -0.410. The van der Waals surface area contributed by atoms with Crippen molar-refractivity contribution in [3.8, 4) is 11.3 Å². The van der Waals surface area contributed by atoms with Crippen molar-refractivity contribution in [1.29, 1.82) is 0 Å². The van der Waals surface area contributed by atoms with Gasteiger partial charge in [0, 0.05) is 22.9 Å². The second kappa shape index (κ2) is 5.17. The van der Waals surface area contributed by atoms with E-state index in [1.54, 1.807) is 13.0 Å². The summed E-state index contributed by atoms with van der Waals surface area (Å²) >= 11 is 0. The standard InChI is InChI=1S/C20H14FN2O/c1-12-16(14-9-6-7-11-23(14)3)19(22-2)17-13-8-4-5-10-15(13)24-20(17)18(12)21/h4-11H,1,3H3/q+1. The predicted molar refractivity (Wildman–Crippen MR) is 91.3 cm³/mol. The zero-order valence-electron chi connectivity index (χ0n) is 13.3. The molecule has 0 bridgehead atoms. The molecule has 0 aliphatic rings. The van der Waals surface area contributed by atoms with Crippen LogP contribution in [0.25, 0.3) is 38.0 Å². The molecule has 0 atom stereocenters. The lowest BCUT2D eigenvalue weighted by Gasteiger charge is -2.09. The monoisotopic (exact) mass is 317 g/mol. The van der Waals surface area contributed by atoms with Gasteiger partial charge in [0.15, 0.2) is 17.6 Å². The van der Waals surface area contributed by atoms with Crippen LogP contribution in [0.5, 0.6) is 0 Å². The third-order valence-corrected chi connectivity index (χ3v) is 4.40. The highest BCUT2D eigenvalue weighted by Gasteiger charge is 2.26. The number of rotatable bonds is 1. The molecule has 116 valence electrons. The Labute approximate surface area is 138 Å². The third kappa shape index (κ3) is 1.85. The lowest BCUT2D eigenvalue weighted by Crippen LogP contribution is -2.30. The molecule has 0 amide bonds. The molecule has 0 aliphatic heterocycles. The van der Waals surface area contributed by atoms with Gasteiger partial charge in [-0.15, -0.1) is 0 Å². The smallest absolute Gasteiger partial charge is 0.212 e. The molecule has 3 nitrogen and oxygen atoms in total. The summed E-state index contributed by atoms with van der Waals surface area (Å²) in [6.07, 6.45) is 1.89. The minimum absolute atomic E-state index is 0.155. The average molecular weight is 317 g/mol. The minimum atomic E-state index is -0.410. The van der Waals surface area contributed by atoms with E-state index in [9.17, 15) is 0 Å². The third-order valence-electron chi connectivity index (χ3n) is 4.40. The summed E-state index contributed by atoms with van der Waals surface area (Å²) in [5.41, 5.74) is 3.01. The Kier molecular flexibility index (Phi) is 3.10. The molecule has 0 fully saturated rings. The number of para-hydroxylation sites is 1. The van der Waals surface area contributed by atoms with Crippen LogP contribution in [0.2, 0.25) is 0 Å². The van der Waals surface area contributed by atoms with Gasteiger partial charge in [-0.25, -0.2) is 13.8 Å². The minimum Gasteiger partial charge on any atom is -0.454 e. The van der Waals surface area contributed by atoms with Crippen molar-refractivity contribution in [2.75, 3.05) is 0 Å². The van der Waals surface area contributed by atoms with E-state index in [1.807, 2.05) is 54.2 Å². The van der Waals surface area contributed by atoms with Gasteiger partial charge in [0.05, 0.1) is 12.1 Å². The fraction of sp³-hybridized carbons (Fsp3) is 0.100. The predicted octanol–water partition coefficient (Wildman–Crippen LogP) is 5.08. The number of furan rings is 1. The van der Waals surface area contributed by atoms with Crippen LogP contribution in [0.3, 0.4) is 0 Å². The molecule has 2 aromatic carbocycles. The van der Waals surface area contributed by atoms with Gasteiger partial charge in [0.2, 0.25) is 11.4 Å². The Hall–Kier alpha value is -3.19. The van der Waals surface area contributed by atoms with Crippen LogP contribution in [-0.4, -0.2) is 0 Å². The summed E-state index contributed by atoms with van der Waals surface area (Å²) in [5, 5.41) is 1.31. The molecular weight excluding hydrogens is 303 g/mol. The zero-order chi connectivity index (χ0) is 16.8. The number of aromatic nitrogens is 1. The quantitative estimate of drug-likeness (QED) is 0.354. The van der Waals surface area contributed by atoms with E-state index in [0.29, 0.717) is 27.8 Å². The van der Waals surface area contributed by atoms with Crippen molar-refractivity contribution in [1.82, 2.24) is 0 Å². The zero-order valence-corrected chi connectivity index (χ0v) is 13.3. The van der Waals surface area contributed by atoms with Gasteiger partial charge in [-0.2, -0.15) is 0 Å². The van der Waals surface area contributed by atoms with Gasteiger partial charge in [-0.05, 0) is 24.6 Å². The van der Waals surface area contributed by atoms with Gasteiger partial charge in [0.25, 0.3) is 0 Å². The second-order valence-corrected chi connectivity index (χ2v) is 5.77. The number of pyridine rings is 1. The first-order valence-corrected chi connectivity index (χ1v) is 7.59. The molecule has 4 heteroatoms. The number of hydrogen-bond acceptors (Lipinski definition) is 1. The van der Waals surface area contributed by atoms with E-state index in [2.05, 4.69) is 4.85 Å². The molecule has 0 N–H and O–H groups in total.